The van der Waals surface area contributed by atoms with Crippen LogP contribution in [0.2, 0.25) is 0 Å². The Balaban J connectivity index is 0.00000161. The van der Waals surface area contributed by atoms with Crippen molar-refractivity contribution < 1.29 is 13.2 Å². The van der Waals surface area contributed by atoms with Crippen LogP contribution in [-0.2, 0) is 21.3 Å². The molecule has 1 atom stereocenters. The predicted molar refractivity (Wildman–Crippen MR) is 85.5 cm³/mol. The topological polar surface area (TPSA) is 58.6 Å². The molecule has 1 aromatic rings. The van der Waals surface area contributed by atoms with Gasteiger partial charge in [-0.3, -0.25) is 4.31 Å². The Morgan fingerprint density at radius 1 is 1.29 bits per heavy atom. The first kappa shape index (κ1) is 16.5. The maximum absolute atomic E-state index is 12.9. The van der Waals surface area contributed by atoms with Crippen LogP contribution in [0.5, 0.6) is 0 Å². The molecule has 1 N–H and O–H groups in total. The first-order valence-electron chi connectivity index (χ1n) is 7.07. The number of hydrogen-bond donors (Lipinski definition) is 1. The van der Waals surface area contributed by atoms with E-state index in [1.807, 2.05) is 24.3 Å². The average molecular weight is 333 g/mol. The molecule has 0 amide bonds. The zero-order valence-electron chi connectivity index (χ0n) is 11.8. The van der Waals surface area contributed by atoms with E-state index >= 15 is 0 Å². The molecule has 0 radical (unpaired) electrons. The minimum Gasteiger partial charge on any atom is -0.380 e. The zero-order chi connectivity index (χ0) is 14.0. The fourth-order valence-electron chi connectivity index (χ4n) is 2.82. The summed E-state index contributed by atoms with van der Waals surface area (Å²) in [6.07, 6.45) is 1.51. The smallest absolute Gasteiger partial charge is 0.240 e. The van der Waals surface area contributed by atoms with Gasteiger partial charge in [0.25, 0.3) is 0 Å². The number of anilines is 1. The van der Waals surface area contributed by atoms with Crippen LogP contribution in [0.4, 0.5) is 5.69 Å². The van der Waals surface area contributed by atoms with Crippen molar-refractivity contribution in [1.29, 1.82) is 0 Å². The molecule has 118 valence electrons. The first-order chi connectivity index (χ1) is 9.69. The van der Waals surface area contributed by atoms with E-state index in [0.29, 0.717) is 39.3 Å². The highest BCUT2D eigenvalue weighted by atomic mass is 35.5. The number of benzene rings is 1. The molecule has 2 aliphatic rings. The Morgan fingerprint density at radius 3 is 2.86 bits per heavy atom. The van der Waals surface area contributed by atoms with Crippen molar-refractivity contribution in [2.75, 3.05) is 30.6 Å². The second-order valence-corrected chi connectivity index (χ2v) is 7.40. The molecule has 2 heterocycles. The molecule has 1 aromatic carbocycles. The number of halogens is 1. The second-order valence-electron chi connectivity index (χ2n) is 5.26. The number of hydrogen-bond acceptors (Lipinski definition) is 4. The lowest BCUT2D eigenvalue weighted by Gasteiger charge is -2.30. The molecule has 2 aliphatic heterocycles. The van der Waals surface area contributed by atoms with E-state index in [0.717, 1.165) is 17.7 Å². The molecule has 21 heavy (non-hydrogen) atoms. The van der Waals surface area contributed by atoms with E-state index in [1.165, 1.54) is 0 Å². The summed E-state index contributed by atoms with van der Waals surface area (Å²) in [6, 6.07) is 7.71. The van der Waals surface area contributed by atoms with Crippen LogP contribution in [0.15, 0.2) is 24.3 Å². The summed E-state index contributed by atoms with van der Waals surface area (Å²) in [7, 11) is -3.35. The number of para-hydroxylation sites is 1. The van der Waals surface area contributed by atoms with E-state index in [1.54, 1.807) is 4.31 Å². The van der Waals surface area contributed by atoms with Crippen LogP contribution in [0.3, 0.4) is 0 Å². The largest absolute Gasteiger partial charge is 0.380 e. The van der Waals surface area contributed by atoms with Crippen LogP contribution in [-0.4, -0.2) is 40.0 Å². The SMILES string of the molecule is Cl.O=S(=O)(C1CCCOC1)N1CCNCc2ccccc21. The van der Waals surface area contributed by atoms with Crippen molar-refractivity contribution in [3.05, 3.63) is 29.8 Å². The van der Waals surface area contributed by atoms with Gasteiger partial charge in [0.1, 0.15) is 5.25 Å². The monoisotopic (exact) mass is 332 g/mol. The minimum atomic E-state index is -3.35. The quantitative estimate of drug-likeness (QED) is 0.892. The maximum Gasteiger partial charge on any atom is 0.240 e. The molecule has 1 unspecified atom stereocenters. The van der Waals surface area contributed by atoms with E-state index in [-0.39, 0.29) is 12.4 Å². The minimum absolute atomic E-state index is 0. The Kier molecular flexibility index (Phi) is 5.48. The van der Waals surface area contributed by atoms with Gasteiger partial charge in [-0.15, -0.1) is 12.4 Å². The molecule has 3 rings (SSSR count). The number of ether oxygens (including phenoxy) is 1. The highest BCUT2D eigenvalue weighted by Gasteiger charge is 2.35. The third-order valence-corrected chi connectivity index (χ3v) is 6.12. The Labute approximate surface area is 132 Å². The fraction of sp³-hybridized carbons (Fsp3) is 0.571. The highest BCUT2D eigenvalue weighted by molar-refractivity contribution is 7.93. The summed E-state index contributed by atoms with van der Waals surface area (Å²) < 4.78 is 32.7. The lowest BCUT2D eigenvalue weighted by Crippen LogP contribution is -2.44. The summed E-state index contributed by atoms with van der Waals surface area (Å²) in [5, 5.41) is 2.86. The summed E-state index contributed by atoms with van der Waals surface area (Å²) in [6.45, 7) is 2.85. The zero-order valence-corrected chi connectivity index (χ0v) is 13.5. The van der Waals surface area contributed by atoms with E-state index < -0.39 is 15.3 Å². The van der Waals surface area contributed by atoms with Crippen LogP contribution < -0.4 is 9.62 Å². The van der Waals surface area contributed by atoms with Gasteiger partial charge >= 0.3 is 0 Å². The normalized spacial score (nSPS) is 22.9. The van der Waals surface area contributed by atoms with Gasteiger partial charge in [0.15, 0.2) is 0 Å². The standard InChI is InChI=1S/C14H20N2O3S.ClH/c17-20(18,13-5-3-9-19-11-13)16-8-7-15-10-12-4-1-2-6-14(12)16;/h1-2,4,6,13,15H,3,5,7-11H2;1H. The maximum atomic E-state index is 12.9. The second kappa shape index (κ2) is 6.96. The number of rotatable bonds is 2. The first-order valence-corrected chi connectivity index (χ1v) is 8.58. The average Bonchev–Trinajstić information content (AvgIpc) is 2.71. The Hall–Kier alpha value is -0.820. The van der Waals surface area contributed by atoms with Crippen molar-refractivity contribution in [1.82, 2.24) is 5.32 Å². The third-order valence-electron chi connectivity index (χ3n) is 3.91. The van der Waals surface area contributed by atoms with Gasteiger partial charge in [0.05, 0.1) is 12.3 Å². The van der Waals surface area contributed by atoms with Crippen LogP contribution in [0.25, 0.3) is 0 Å². The Bertz CT molecular complexity index is 573. The van der Waals surface area contributed by atoms with E-state index in [4.69, 9.17) is 4.74 Å². The summed E-state index contributed by atoms with van der Waals surface area (Å²) in [5.41, 5.74) is 1.84. The lowest BCUT2D eigenvalue weighted by molar-refractivity contribution is 0.0990. The molecule has 7 heteroatoms. The van der Waals surface area contributed by atoms with Crippen molar-refractivity contribution in [3.8, 4) is 0 Å². The van der Waals surface area contributed by atoms with Gasteiger partial charge in [-0.05, 0) is 24.5 Å². The van der Waals surface area contributed by atoms with Crippen molar-refractivity contribution >= 4 is 28.1 Å². The van der Waals surface area contributed by atoms with Gasteiger partial charge in [-0.2, -0.15) is 0 Å². The Morgan fingerprint density at radius 2 is 2.10 bits per heavy atom. The molecule has 0 saturated carbocycles. The van der Waals surface area contributed by atoms with Gasteiger partial charge in [-0.1, -0.05) is 18.2 Å². The van der Waals surface area contributed by atoms with Crippen LogP contribution >= 0.6 is 12.4 Å². The molecule has 0 spiro atoms. The molecule has 5 nitrogen and oxygen atoms in total. The number of nitrogens with zero attached hydrogens (tertiary/aromatic N) is 1. The number of nitrogens with one attached hydrogen (secondary N) is 1. The van der Waals surface area contributed by atoms with E-state index in [9.17, 15) is 8.42 Å². The summed E-state index contributed by atoms with van der Waals surface area (Å²) >= 11 is 0. The fourth-order valence-corrected chi connectivity index (χ4v) is 4.71. The van der Waals surface area contributed by atoms with Crippen molar-refractivity contribution in [3.63, 3.8) is 0 Å². The van der Waals surface area contributed by atoms with Gasteiger partial charge < -0.3 is 10.1 Å². The molecule has 0 aromatic heterocycles. The molecular weight excluding hydrogens is 312 g/mol. The third kappa shape index (κ3) is 3.34. The molecular formula is C14H21ClN2O3S. The summed E-state index contributed by atoms with van der Waals surface area (Å²) in [4.78, 5) is 0. The van der Waals surface area contributed by atoms with Gasteiger partial charge in [0, 0.05) is 26.2 Å². The van der Waals surface area contributed by atoms with Crippen LogP contribution in [0, 0.1) is 0 Å². The molecule has 0 aliphatic carbocycles. The predicted octanol–water partition coefficient (Wildman–Crippen LogP) is 1.53. The van der Waals surface area contributed by atoms with E-state index in [2.05, 4.69) is 5.32 Å². The molecule has 1 fully saturated rings. The molecule has 1 saturated heterocycles. The lowest BCUT2D eigenvalue weighted by atomic mass is 10.2. The highest BCUT2D eigenvalue weighted by Crippen LogP contribution is 2.28. The number of fused-ring (bicyclic) bond motifs is 1. The van der Waals surface area contributed by atoms with Crippen LogP contribution in [0.1, 0.15) is 18.4 Å². The van der Waals surface area contributed by atoms with Gasteiger partial charge in [-0.25, -0.2) is 8.42 Å². The van der Waals surface area contributed by atoms with Crippen molar-refractivity contribution in [2.24, 2.45) is 0 Å². The molecule has 0 bridgehead atoms. The van der Waals surface area contributed by atoms with Gasteiger partial charge in [0.2, 0.25) is 10.0 Å². The number of sulfonamides is 1. The summed E-state index contributed by atoms with van der Waals surface area (Å²) in [5.74, 6) is 0. The van der Waals surface area contributed by atoms with Crippen molar-refractivity contribution in [2.45, 2.75) is 24.6 Å².